The summed E-state index contributed by atoms with van der Waals surface area (Å²) in [6.45, 7) is -0.186. The van der Waals surface area contributed by atoms with Gasteiger partial charge in [-0.3, -0.25) is 18.7 Å². The number of aromatic amines is 1. The van der Waals surface area contributed by atoms with Crippen LogP contribution in [0, 0.1) is 0 Å². The monoisotopic (exact) mass is 381 g/mol. The second-order valence-corrected chi connectivity index (χ2v) is 6.91. The summed E-state index contributed by atoms with van der Waals surface area (Å²) < 4.78 is 2.14. The summed E-state index contributed by atoms with van der Waals surface area (Å²) in [4.78, 5) is 44.5. The third-order valence-electron chi connectivity index (χ3n) is 4.09. The third-order valence-corrected chi connectivity index (χ3v) is 4.97. The molecule has 0 saturated carbocycles. The van der Waals surface area contributed by atoms with Crippen molar-refractivity contribution in [3.8, 4) is 10.7 Å². The normalized spacial score (nSPS) is 11.0. The molecule has 136 valence electrons. The van der Waals surface area contributed by atoms with Gasteiger partial charge in [-0.15, -0.1) is 11.3 Å². The summed E-state index contributed by atoms with van der Waals surface area (Å²) in [5.41, 5.74) is 1.23. The first-order valence-electron chi connectivity index (χ1n) is 8.11. The molecule has 4 rings (SSSR count). The van der Waals surface area contributed by atoms with Gasteiger partial charge in [0, 0.05) is 25.0 Å². The number of thiophene rings is 1. The van der Waals surface area contributed by atoms with E-state index >= 15 is 0 Å². The fourth-order valence-electron chi connectivity index (χ4n) is 2.71. The number of amides is 1. The Balaban J connectivity index is 1.54. The smallest absolute Gasteiger partial charge is 0.331 e. The minimum atomic E-state index is -0.540. The summed E-state index contributed by atoms with van der Waals surface area (Å²) >= 11 is 1.59. The van der Waals surface area contributed by atoms with E-state index in [0.29, 0.717) is 5.69 Å². The fourth-order valence-corrected chi connectivity index (χ4v) is 3.38. The van der Waals surface area contributed by atoms with E-state index in [1.165, 1.54) is 23.9 Å². The van der Waals surface area contributed by atoms with E-state index in [1.807, 2.05) is 23.6 Å². The van der Waals surface area contributed by atoms with E-state index in [-0.39, 0.29) is 12.5 Å². The first-order valence-corrected chi connectivity index (χ1v) is 8.99. The quantitative estimate of drug-likeness (QED) is 0.563. The van der Waals surface area contributed by atoms with Gasteiger partial charge in [0.15, 0.2) is 0 Å². The molecule has 0 fully saturated rings. The number of nitrogens with zero attached hydrogens (tertiary/aromatic N) is 3. The molecule has 0 aliphatic rings. The highest BCUT2D eigenvalue weighted by atomic mass is 32.1. The van der Waals surface area contributed by atoms with Gasteiger partial charge in [-0.1, -0.05) is 6.07 Å². The van der Waals surface area contributed by atoms with Crippen LogP contribution in [0.2, 0.25) is 0 Å². The van der Waals surface area contributed by atoms with Crippen LogP contribution in [0.1, 0.15) is 0 Å². The minimum absolute atomic E-state index is 0.186. The summed E-state index contributed by atoms with van der Waals surface area (Å²) in [5.74, 6) is 0.410. The third kappa shape index (κ3) is 3.32. The molecule has 0 aliphatic carbocycles. The maximum Gasteiger partial charge on any atom is 0.331 e. The molecule has 2 N–H and O–H groups in total. The number of hydrogen-bond donors (Lipinski definition) is 2. The first-order chi connectivity index (χ1) is 13.0. The second kappa shape index (κ2) is 6.69. The van der Waals surface area contributed by atoms with Crippen molar-refractivity contribution in [3.63, 3.8) is 0 Å². The SMILES string of the molecule is Cn1c(=O)ccn(CC(=O)Nc2ccc3nc(-c4cccs4)[nH]c3c2)c1=O. The van der Waals surface area contributed by atoms with Gasteiger partial charge in [0.2, 0.25) is 5.91 Å². The molecule has 0 unspecified atom stereocenters. The lowest BCUT2D eigenvalue weighted by molar-refractivity contribution is -0.116. The van der Waals surface area contributed by atoms with Crippen LogP contribution >= 0.6 is 11.3 Å². The van der Waals surface area contributed by atoms with Crippen LogP contribution in [0.15, 0.2) is 57.6 Å². The molecule has 9 heteroatoms. The first kappa shape index (κ1) is 17.0. The Hall–Kier alpha value is -3.46. The molecule has 3 heterocycles. The zero-order valence-corrected chi connectivity index (χ0v) is 15.1. The second-order valence-electron chi connectivity index (χ2n) is 5.97. The lowest BCUT2D eigenvalue weighted by Crippen LogP contribution is -2.38. The lowest BCUT2D eigenvalue weighted by atomic mass is 10.2. The Morgan fingerprint density at radius 2 is 2.11 bits per heavy atom. The van der Waals surface area contributed by atoms with Crippen LogP contribution in [0.5, 0.6) is 0 Å². The summed E-state index contributed by atoms with van der Waals surface area (Å²) in [6, 6.07) is 10.5. The molecule has 0 spiro atoms. The topological polar surface area (TPSA) is 102 Å². The molecule has 0 saturated heterocycles. The number of benzene rings is 1. The number of H-pyrrole nitrogens is 1. The van der Waals surface area contributed by atoms with E-state index in [4.69, 9.17) is 0 Å². The van der Waals surface area contributed by atoms with Gasteiger partial charge in [-0.2, -0.15) is 0 Å². The van der Waals surface area contributed by atoms with Gasteiger partial charge in [-0.25, -0.2) is 9.78 Å². The zero-order chi connectivity index (χ0) is 19.0. The van der Waals surface area contributed by atoms with Crippen LogP contribution in [0.25, 0.3) is 21.7 Å². The van der Waals surface area contributed by atoms with Crippen LogP contribution in [0.4, 0.5) is 5.69 Å². The molecule has 0 radical (unpaired) electrons. The van der Waals surface area contributed by atoms with Crippen molar-refractivity contribution in [1.29, 1.82) is 0 Å². The summed E-state index contributed by atoms with van der Waals surface area (Å²) in [5, 5.41) is 4.74. The minimum Gasteiger partial charge on any atom is -0.337 e. The maximum absolute atomic E-state index is 12.3. The molecule has 1 aromatic carbocycles. The van der Waals surface area contributed by atoms with Gasteiger partial charge in [0.05, 0.1) is 15.9 Å². The number of carbonyl (C=O) groups excluding carboxylic acids is 1. The molecule has 3 aromatic heterocycles. The number of fused-ring (bicyclic) bond motifs is 1. The largest absolute Gasteiger partial charge is 0.337 e. The molecule has 27 heavy (non-hydrogen) atoms. The highest BCUT2D eigenvalue weighted by Crippen LogP contribution is 2.25. The van der Waals surface area contributed by atoms with E-state index in [2.05, 4.69) is 15.3 Å². The van der Waals surface area contributed by atoms with Crippen molar-refractivity contribution in [2.45, 2.75) is 6.54 Å². The van der Waals surface area contributed by atoms with Crippen molar-refractivity contribution in [1.82, 2.24) is 19.1 Å². The highest BCUT2D eigenvalue weighted by molar-refractivity contribution is 7.13. The van der Waals surface area contributed by atoms with E-state index in [1.54, 1.807) is 23.5 Å². The van der Waals surface area contributed by atoms with E-state index < -0.39 is 11.2 Å². The summed E-state index contributed by atoms with van der Waals surface area (Å²) in [6.07, 6.45) is 1.32. The van der Waals surface area contributed by atoms with Crippen LogP contribution in [0.3, 0.4) is 0 Å². The number of imidazole rings is 1. The number of anilines is 1. The van der Waals surface area contributed by atoms with Gasteiger partial charge >= 0.3 is 5.69 Å². The Labute approximate surface area is 156 Å². The Morgan fingerprint density at radius 1 is 1.26 bits per heavy atom. The maximum atomic E-state index is 12.3. The standard InChI is InChI=1S/C18H15N5O3S/c1-22-16(25)6-7-23(18(22)26)10-15(24)19-11-4-5-12-13(9-11)21-17(20-12)14-3-2-8-27-14/h2-9H,10H2,1H3,(H,19,24)(H,20,21). The molecule has 0 atom stereocenters. The van der Waals surface area contributed by atoms with Crippen LogP contribution in [-0.4, -0.2) is 25.0 Å². The van der Waals surface area contributed by atoms with Crippen molar-refractivity contribution >= 4 is 34.0 Å². The summed E-state index contributed by atoms with van der Waals surface area (Å²) in [7, 11) is 1.37. The predicted octanol–water partition coefficient (Wildman–Crippen LogP) is 1.79. The average molecular weight is 381 g/mol. The van der Waals surface area contributed by atoms with Gasteiger partial charge in [-0.05, 0) is 29.6 Å². The predicted molar refractivity (Wildman–Crippen MR) is 104 cm³/mol. The highest BCUT2D eigenvalue weighted by Gasteiger charge is 2.10. The zero-order valence-electron chi connectivity index (χ0n) is 14.3. The molecule has 0 aliphatic heterocycles. The Morgan fingerprint density at radius 3 is 2.89 bits per heavy atom. The van der Waals surface area contributed by atoms with E-state index in [0.717, 1.165) is 26.3 Å². The van der Waals surface area contributed by atoms with E-state index in [9.17, 15) is 14.4 Å². The Kier molecular flexibility index (Phi) is 4.21. The molecule has 4 aromatic rings. The van der Waals surface area contributed by atoms with Gasteiger partial charge in [0.25, 0.3) is 5.56 Å². The van der Waals surface area contributed by atoms with Crippen molar-refractivity contribution < 1.29 is 4.79 Å². The number of hydrogen-bond acceptors (Lipinski definition) is 5. The molecule has 0 bridgehead atoms. The molecule has 1 amide bonds. The number of rotatable bonds is 4. The number of carbonyl (C=O) groups is 1. The molecular weight excluding hydrogens is 366 g/mol. The van der Waals surface area contributed by atoms with Crippen molar-refractivity contribution in [3.05, 3.63) is 68.8 Å². The van der Waals surface area contributed by atoms with Gasteiger partial charge in [0.1, 0.15) is 12.4 Å². The lowest BCUT2D eigenvalue weighted by Gasteiger charge is -2.08. The number of aromatic nitrogens is 4. The van der Waals surface area contributed by atoms with Crippen molar-refractivity contribution in [2.24, 2.45) is 7.05 Å². The molecule has 8 nitrogen and oxygen atoms in total. The van der Waals surface area contributed by atoms with Crippen LogP contribution < -0.4 is 16.6 Å². The van der Waals surface area contributed by atoms with Crippen molar-refractivity contribution in [2.75, 3.05) is 5.32 Å². The average Bonchev–Trinajstić information content (AvgIpc) is 3.31. The fraction of sp³-hybridized carbons (Fsp3) is 0.111. The number of nitrogens with one attached hydrogen (secondary N) is 2. The Bertz CT molecular complexity index is 1250. The van der Waals surface area contributed by atoms with Crippen LogP contribution in [-0.2, 0) is 18.4 Å². The van der Waals surface area contributed by atoms with Gasteiger partial charge < -0.3 is 10.3 Å². The molecular formula is C18H15N5O3S.